The third kappa shape index (κ3) is 5.30. The molecule has 0 aliphatic carbocycles. The number of alkyl halides is 3. The zero-order chi connectivity index (χ0) is 30.6. The van der Waals surface area contributed by atoms with Crippen molar-refractivity contribution in [1.82, 2.24) is 9.97 Å². The van der Waals surface area contributed by atoms with Gasteiger partial charge in [0, 0.05) is 55.6 Å². The maximum Gasteiger partial charge on any atom is 0.416 e. The van der Waals surface area contributed by atoms with Crippen molar-refractivity contribution >= 4 is 56.0 Å². The second-order valence-electron chi connectivity index (χ2n) is 9.94. The Morgan fingerprint density at radius 1 is 0.976 bits per heavy atom. The Bertz CT molecular complexity index is 1770. The van der Waals surface area contributed by atoms with E-state index in [4.69, 9.17) is 17.3 Å². The van der Waals surface area contributed by atoms with E-state index < -0.39 is 27.4 Å². The van der Waals surface area contributed by atoms with Crippen molar-refractivity contribution in [3.63, 3.8) is 0 Å². The molecule has 5 rings (SSSR count). The van der Waals surface area contributed by atoms with Crippen LogP contribution in [-0.4, -0.2) is 45.8 Å². The summed E-state index contributed by atoms with van der Waals surface area (Å²) in [4.78, 5) is 14.4. The molecule has 14 heteroatoms. The lowest BCUT2D eigenvalue weighted by atomic mass is 10.0. The normalized spacial score (nSPS) is 16.6. The topological polar surface area (TPSA) is 108 Å². The standard InChI is InChI=1S/C28H27ClF3N7O2S/c1-37(25-13-14-34-26(35-25)38(2)18-6-9-20(10-7-18)42(4,40)41)19-8-12-24-23(16-19)36-28(33,39(24)3)21-15-17(27(30,31)32)5-11-22(21)29/h5-16,36H,33H2,1-4H3. The fourth-order valence-corrected chi connectivity index (χ4v) is 5.59. The molecular formula is C28H27ClF3N7O2S. The Morgan fingerprint density at radius 3 is 2.29 bits per heavy atom. The summed E-state index contributed by atoms with van der Waals surface area (Å²) in [6.07, 6.45) is -1.80. The summed E-state index contributed by atoms with van der Waals surface area (Å²) in [5.74, 6) is -0.591. The van der Waals surface area contributed by atoms with Crippen molar-refractivity contribution in [2.75, 3.05) is 47.4 Å². The van der Waals surface area contributed by atoms with Gasteiger partial charge in [-0.15, -0.1) is 0 Å². The summed E-state index contributed by atoms with van der Waals surface area (Å²) in [5, 5.41) is 3.25. The van der Waals surface area contributed by atoms with Gasteiger partial charge in [-0.2, -0.15) is 18.2 Å². The zero-order valence-corrected chi connectivity index (χ0v) is 24.6. The molecule has 1 unspecified atom stereocenters. The molecule has 0 saturated carbocycles. The first-order valence-electron chi connectivity index (χ1n) is 12.5. The number of hydrogen-bond acceptors (Lipinski definition) is 9. The Kier molecular flexibility index (Phi) is 7.24. The summed E-state index contributed by atoms with van der Waals surface area (Å²) in [7, 11) is 1.93. The number of sulfone groups is 1. The number of rotatable bonds is 6. The Hall–Kier alpha value is -4.07. The average molecular weight is 618 g/mol. The van der Waals surface area contributed by atoms with Gasteiger partial charge in [0.25, 0.3) is 0 Å². The lowest BCUT2D eigenvalue weighted by Crippen LogP contribution is -2.54. The lowest BCUT2D eigenvalue weighted by Gasteiger charge is -2.35. The van der Waals surface area contributed by atoms with E-state index in [-0.39, 0.29) is 15.5 Å². The van der Waals surface area contributed by atoms with Crippen LogP contribution in [0.3, 0.4) is 0 Å². The fraction of sp³-hybridized carbons (Fsp3) is 0.214. The number of benzene rings is 3. The molecule has 1 aliphatic heterocycles. The molecule has 0 bridgehead atoms. The molecule has 3 aromatic carbocycles. The number of nitrogens with two attached hydrogens (primary N) is 1. The van der Waals surface area contributed by atoms with Crippen LogP contribution < -0.4 is 25.8 Å². The molecule has 4 aromatic rings. The molecule has 1 aromatic heterocycles. The Morgan fingerprint density at radius 2 is 1.64 bits per heavy atom. The van der Waals surface area contributed by atoms with Crippen LogP contribution in [0.4, 0.5) is 47.7 Å². The van der Waals surface area contributed by atoms with Gasteiger partial charge in [-0.3, -0.25) is 5.73 Å². The van der Waals surface area contributed by atoms with Crippen molar-refractivity contribution in [3.05, 3.63) is 89.1 Å². The van der Waals surface area contributed by atoms with Crippen molar-refractivity contribution in [1.29, 1.82) is 0 Å². The van der Waals surface area contributed by atoms with E-state index in [1.54, 1.807) is 48.3 Å². The zero-order valence-electron chi connectivity index (χ0n) is 23.0. The van der Waals surface area contributed by atoms with Gasteiger partial charge in [-0.1, -0.05) is 11.6 Å². The molecule has 1 aliphatic rings. The number of anilines is 6. The fourth-order valence-electron chi connectivity index (χ4n) is 4.70. The lowest BCUT2D eigenvalue weighted by molar-refractivity contribution is -0.137. The maximum atomic E-state index is 13.4. The van der Waals surface area contributed by atoms with Crippen LogP contribution in [0, 0.1) is 0 Å². The molecule has 2 heterocycles. The average Bonchev–Trinajstić information content (AvgIpc) is 3.21. The van der Waals surface area contributed by atoms with Crippen molar-refractivity contribution in [3.8, 4) is 0 Å². The minimum atomic E-state index is -4.56. The van der Waals surface area contributed by atoms with Gasteiger partial charge >= 0.3 is 6.18 Å². The van der Waals surface area contributed by atoms with E-state index in [9.17, 15) is 21.6 Å². The van der Waals surface area contributed by atoms with Crippen LogP contribution in [-0.2, 0) is 21.8 Å². The highest BCUT2D eigenvalue weighted by molar-refractivity contribution is 7.90. The van der Waals surface area contributed by atoms with E-state index in [1.807, 2.05) is 30.1 Å². The molecule has 0 spiro atoms. The molecule has 0 fully saturated rings. The Labute approximate surface area is 246 Å². The van der Waals surface area contributed by atoms with Crippen LogP contribution in [0.25, 0.3) is 0 Å². The molecule has 42 heavy (non-hydrogen) atoms. The van der Waals surface area contributed by atoms with Gasteiger partial charge < -0.3 is 20.0 Å². The van der Waals surface area contributed by atoms with Crippen molar-refractivity contribution in [2.24, 2.45) is 5.73 Å². The van der Waals surface area contributed by atoms with E-state index in [2.05, 4.69) is 15.3 Å². The first-order valence-corrected chi connectivity index (χ1v) is 14.8. The number of fused-ring (bicyclic) bond motifs is 1. The molecular weight excluding hydrogens is 591 g/mol. The highest BCUT2D eigenvalue weighted by atomic mass is 35.5. The van der Waals surface area contributed by atoms with Crippen LogP contribution in [0.15, 0.2) is 77.8 Å². The number of nitrogens with zero attached hydrogens (tertiary/aromatic N) is 5. The van der Waals surface area contributed by atoms with Gasteiger partial charge in [0.15, 0.2) is 15.6 Å². The molecule has 0 saturated heterocycles. The minimum Gasteiger partial charge on any atom is -0.345 e. The van der Waals surface area contributed by atoms with Gasteiger partial charge in [0.2, 0.25) is 5.95 Å². The van der Waals surface area contributed by atoms with E-state index in [0.29, 0.717) is 28.8 Å². The van der Waals surface area contributed by atoms with Gasteiger partial charge in [0.1, 0.15) is 5.82 Å². The van der Waals surface area contributed by atoms with Crippen molar-refractivity contribution < 1.29 is 21.6 Å². The number of nitrogens with one attached hydrogen (secondary N) is 1. The quantitative estimate of drug-likeness (QED) is 0.281. The number of halogens is 4. The first-order chi connectivity index (χ1) is 19.6. The highest BCUT2D eigenvalue weighted by Gasteiger charge is 2.43. The van der Waals surface area contributed by atoms with Crippen LogP contribution >= 0.6 is 11.6 Å². The molecule has 220 valence electrons. The van der Waals surface area contributed by atoms with Crippen LogP contribution in [0.1, 0.15) is 11.1 Å². The van der Waals surface area contributed by atoms with Crippen molar-refractivity contribution in [2.45, 2.75) is 16.9 Å². The first kappa shape index (κ1) is 29.4. The van der Waals surface area contributed by atoms with Gasteiger partial charge in [0.05, 0.1) is 21.8 Å². The Balaban J connectivity index is 1.42. The highest BCUT2D eigenvalue weighted by Crippen LogP contribution is 2.46. The second-order valence-corrected chi connectivity index (χ2v) is 12.4. The van der Waals surface area contributed by atoms with Gasteiger partial charge in [-0.25, -0.2) is 13.4 Å². The number of hydrogen-bond donors (Lipinski definition) is 2. The number of aromatic nitrogens is 2. The van der Waals surface area contributed by atoms with E-state index in [1.165, 1.54) is 18.2 Å². The summed E-state index contributed by atoms with van der Waals surface area (Å²) in [5.41, 5.74) is 8.57. The monoisotopic (exact) mass is 617 g/mol. The predicted molar refractivity (Wildman–Crippen MR) is 158 cm³/mol. The third-order valence-electron chi connectivity index (χ3n) is 7.21. The van der Waals surface area contributed by atoms with Crippen LogP contribution in [0.2, 0.25) is 5.02 Å². The molecule has 0 radical (unpaired) electrons. The smallest absolute Gasteiger partial charge is 0.345 e. The minimum absolute atomic E-state index is 0.0839. The maximum absolute atomic E-state index is 13.4. The molecule has 3 N–H and O–H groups in total. The second kappa shape index (κ2) is 10.3. The summed E-state index contributed by atoms with van der Waals surface area (Å²) >= 11 is 6.33. The molecule has 0 amide bonds. The summed E-state index contributed by atoms with van der Waals surface area (Å²) in [6.45, 7) is 0. The van der Waals surface area contributed by atoms with Crippen LogP contribution in [0.5, 0.6) is 0 Å². The SMILES string of the molecule is CN(c1ccc2c(c1)NC(N)(c1cc(C(F)(F)F)ccc1Cl)N2C)c1ccnc(N(C)c2ccc(S(C)(=O)=O)cc2)n1. The largest absolute Gasteiger partial charge is 0.416 e. The predicted octanol–water partition coefficient (Wildman–Crippen LogP) is 5.72. The van der Waals surface area contributed by atoms with E-state index in [0.717, 1.165) is 24.1 Å². The van der Waals surface area contributed by atoms with E-state index >= 15 is 0 Å². The summed E-state index contributed by atoms with van der Waals surface area (Å²) < 4.78 is 63.9. The third-order valence-corrected chi connectivity index (χ3v) is 8.67. The van der Waals surface area contributed by atoms with Gasteiger partial charge in [-0.05, 0) is 66.7 Å². The molecule has 1 atom stereocenters. The molecule has 9 nitrogen and oxygen atoms in total. The summed E-state index contributed by atoms with van der Waals surface area (Å²) in [6, 6.07) is 16.7.